The van der Waals surface area contributed by atoms with Crippen LogP contribution >= 0.6 is 0 Å². The Kier molecular flexibility index (Phi) is 4.33. The van der Waals surface area contributed by atoms with Crippen LogP contribution in [0.25, 0.3) is 11.0 Å². The summed E-state index contributed by atoms with van der Waals surface area (Å²) in [5, 5.41) is 6.35. The number of benzene rings is 3. The summed E-state index contributed by atoms with van der Waals surface area (Å²) in [7, 11) is 0. The quantitative estimate of drug-likeness (QED) is 0.523. The summed E-state index contributed by atoms with van der Waals surface area (Å²) in [5.74, 6) is -0.123. The van der Waals surface area contributed by atoms with Crippen LogP contribution in [0.1, 0.15) is 33.9 Å². The summed E-state index contributed by atoms with van der Waals surface area (Å²) >= 11 is 0. The molecule has 0 fully saturated rings. The van der Waals surface area contributed by atoms with Gasteiger partial charge in [0.2, 0.25) is 0 Å². The molecular formula is C24H18N4O. The Hall–Kier alpha value is -3.86. The number of amides is 1. The topological polar surface area (TPSA) is 58.5 Å². The van der Waals surface area contributed by atoms with E-state index in [0.29, 0.717) is 12.0 Å². The molecule has 0 spiro atoms. The number of aromatic nitrogens is 2. The van der Waals surface area contributed by atoms with Gasteiger partial charge in [0, 0.05) is 29.9 Å². The number of nitrogens with zero attached hydrogens (tertiary/aromatic N) is 4. The fraction of sp³-hybridized carbons (Fsp3) is 0.0833. The van der Waals surface area contributed by atoms with Gasteiger partial charge in [-0.1, -0.05) is 60.7 Å². The highest BCUT2D eigenvalue weighted by Crippen LogP contribution is 2.36. The third kappa shape index (κ3) is 3.17. The summed E-state index contributed by atoms with van der Waals surface area (Å²) in [6, 6.07) is 24.9. The minimum Gasteiger partial charge on any atom is -0.267 e. The zero-order chi connectivity index (χ0) is 19.6. The summed E-state index contributed by atoms with van der Waals surface area (Å²) < 4.78 is 0. The Morgan fingerprint density at radius 2 is 1.55 bits per heavy atom. The maximum absolute atomic E-state index is 13.3. The molecule has 1 aliphatic rings. The van der Waals surface area contributed by atoms with E-state index in [-0.39, 0.29) is 11.9 Å². The van der Waals surface area contributed by atoms with Gasteiger partial charge in [-0.15, -0.1) is 0 Å². The highest BCUT2D eigenvalue weighted by atomic mass is 16.2. The fourth-order valence-electron chi connectivity index (χ4n) is 3.74. The molecule has 0 aliphatic carbocycles. The molecule has 1 aromatic heterocycles. The number of carbonyl (C=O) groups is 1. The number of hydrogen-bond acceptors (Lipinski definition) is 4. The van der Waals surface area contributed by atoms with Crippen LogP contribution in [0.3, 0.4) is 0 Å². The number of hydrazone groups is 1. The molecule has 1 unspecified atom stereocenters. The maximum atomic E-state index is 13.3. The van der Waals surface area contributed by atoms with Crippen molar-refractivity contribution in [2.45, 2.75) is 12.5 Å². The molecule has 0 saturated heterocycles. The van der Waals surface area contributed by atoms with E-state index < -0.39 is 0 Å². The molecule has 0 saturated carbocycles. The summed E-state index contributed by atoms with van der Waals surface area (Å²) in [6.45, 7) is 0. The predicted octanol–water partition coefficient (Wildman–Crippen LogP) is 4.62. The van der Waals surface area contributed by atoms with Gasteiger partial charge in [0.05, 0.1) is 22.8 Å². The molecule has 5 heteroatoms. The SMILES string of the molecule is O=C(c1ccccc1)N1N=C(c2ccccc2)CC1c1cccc2nccnc12. The number of hydrogen-bond donors (Lipinski definition) is 0. The van der Waals surface area contributed by atoms with Crippen molar-refractivity contribution >= 4 is 22.7 Å². The summed E-state index contributed by atoms with van der Waals surface area (Å²) in [4.78, 5) is 22.3. The van der Waals surface area contributed by atoms with Crippen LogP contribution in [0, 0.1) is 0 Å². The van der Waals surface area contributed by atoms with E-state index >= 15 is 0 Å². The van der Waals surface area contributed by atoms with Crippen LogP contribution in [0.5, 0.6) is 0 Å². The highest BCUT2D eigenvalue weighted by Gasteiger charge is 2.34. The first-order valence-corrected chi connectivity index (χ1v) is 9.52. The Labute approximate surface area is 168 Å². The summed E-state index contributed by atoms with van der Waals surface area (Å²) in [5.41, 5.74) is 5.09. The van der Waals surface area contributed by atoms with E-state index in [9.17, 15) is 4.79 Å². The van der Waals surface area contributed by atoms with Crippen molar-refractivity contribution in [3.8, 4) is 0 Å². The molecule has 5 rings (SSSR count). The molecule has 0 radical (unpaired) electrons. The van der Waals surface area contributed by atoms with Crippen molar-refractivity contribution in [1.29, 1.82) is 0 Å². The molecule has 1 atom stereocenters. The third-order valence-corrected chi connectivity index (χ3v) is 5.14. The molecule has 140 valence electrons. The Balaban J connectivity index is 1.62. The first-order chi connectivity index (χ1) is 14.3. The molecule has 5 nitrogen and oxygen atoms in total. The van der Waals surface area contributed by atoms with Gasteiger partial charge in [-0.2, -0.15) is 5.10 Å². The molecule has 1 aliphatic heterocycles. The van der Waals surface area contributed by atoms with Gasteiger partial charge in [0.1, 0.15) is 0 Å². The maximum Gasteiger partial charge on any atom is 0.274 e. The minimum absolute atomic E-state index is 0.123. The normalized spacial score (nSPS) is 16.1. The molecule has 1 amide bonds. The fourth-order valence-corrected chi connectivity index (χ4v) is 3.74. The lowest BCUT2D eigenvalue weighted by atomic mass is 9.97. The second kappa shape index (κ2) is 7.28. The molecule has 4 aromatic rings. The van der Waals surface area contributed by atoms with Gasteiger partial charge >= 0.3 is 0 Å². The van der Waals surface area contributed by atoms with Crippen LogP contribution < -0.4 is 0 Å². The van der Waals surface area contributed by atoms with Gasteiger partial charge in [-0.05, 0) is 23.8 Å². The number of fused-ring (bicyclic) bond motifs is 1. The lowest BCUT2D eigenvalue weighted by molar-refractivity contribution is 0.0712. The van der Waals surface area contributed by atoms with E-state index in [1.54, 1.807) is 17.4 Å². The second-order valence-corrected chi connectivity index (χ2v) is 6.92. The van der Waals surface area contributed by atoms with Crippen LogP contribution in [-0.4, -0.2) is 26.6 Å². The lowest BCUT2D eigenvalue weighted by Crippen LogP contribution is -2.27. The van der Waals surface area contributed by atoms with E-state index in [0.717, 1.165) is 27.9 Å². The molecule has 3 aromatic carbocycles. The largest absolute Gasteiger partial charge is 0.274 e. The Bertz CT molecular complexity index is 1200. The highest BCUT2D eigenvalue weighted by molar-refractivity contribution is 6.05. The van der Waals surface area contributed by atoms with Gasteiger partial charge < -0.3 is 0 Å². The van der Waals surface area contributed by atoms with E-state index in [4.69, 9.17) is 5.10 Å². The number of carbonyl (C=O) groups excluding carboxylic acids is 1. The molecule has 29 heavy (non-hydrogen) atoms. The number of rotatable bonds is 3. The molecule has 0 bridgehead atoms. The monoisotopic (exact) mass is 378 g/mol. The zero-order valence-corrected chi connectivity index (χ0v) is 15.6. The van der Waals surface area contributed by atoms with Crippen LogP contribution in [-0.2, 0) is 0 Å². The predicted molar refractivity (Wildman–Crippen MR) is 112 cm³/mol. The van der Waals surface area contributed by atoms with Crippen LogP contribution in [0.4, 0.5) is 0 Å². The second-order valence-electron chi connectivity index (χ2n) is 6.92. The van der Waals surface area contributed by atoms with Gasteiger partial charge in [0.15, 0.2) is 0 Å². The zero-order valence-electron chi connectivity index (χ0n) is 15.6. The average molecular weight is 378 g/mol. The van der Waals surface area contributed by atoms with Gasteiger partial charge in [-0.3, -0.25) is 14.8 Å². The lowest BCUT2D eigenvalue weighted by Gasteiger charge is -2.22. The molecule has 0 N–H and O–H groups in total. The van der Waals surface area contributed by atoms with Crippen LogP contribution in [0.2, 0.25) is 0 Å². The smallest absolute Gasteiger partial charge is 0.267 e. The van der Waals surface area contributed by atoms with Gasteiger partial charge in [-0.25, -0.2) is 5.01 Å². The minimum atomic E-state index is -0.238. The van der Waals surface area contributed by atoms with E-state index in [2.05, 4.69) is 9.97 Å². The first-order valence-electron chi connectivity index (χ1n) is 9.52. The van der Waals surface area contributed by atoms with Crippen molar-refractivity contribution in [2.24, 2.45) is 5.10 Å². The Morgan fingerprint density at radius 3 is 2.34 bits per heavy atom. The van der Waals surface area contributed by atoms with Crippen molar-refractivity contribution in [3.63, 3.8) is 0 Å². The molecular weight excluding hydrogens is 360 g/mol. The number of para-hydroxylation sites is 1. The van der Waals surface area contributed by atoms with Gasteiger partial charge in [0.25, 0.3) is 5.91 Å². The van der Waals surface area contributed by atoms with E-state index in [1.807, 2.05) is 78.9 Å². The standard InChI is InChI=1S/C24H18N4O/c29-24(18-10-5-2-6-11-18)28-22(16-21(27-28)17-8-3-1-4-9-17)19-12-7-13-20-23(19)26-15-14-25-20/h1-15,22H,16H2. The first kappa shape index (κ1) is 17.3. The van der Waals surface area contributed by atoms with E-state index in [1.165, 1.54) is 0 Å². The van der Waals surface area contributed by atoms with Crippen LogP contribution in [0.15, 0.2) is 96.4 Å². The van der Waals surface area contributed by atoms with Crippen molar-refractivity contribution in [2.75, 3.05) is 0 Å². The third-order valence-electron chi connectivity index (χ3n) is 5.14. The average Bonchev–Trinajstić information content (AvgIpc) is 3.24. The molecule has 2 heterocycles. The Morgan fingerprint density at radius 1 is 0.828 bits per heavy atom. The summed E-state index contributed by atoms with van der Waals surface area (Å²) in [6.07, 6.45) is 3.99. The van der Waals surface area contributed by atoms with Crippen molar-refractivity contribution in [3.05, 3.63) is 108 Å². The van der Waals surface area contributed by atoms with Crippen molar-refractivity contribution < 1.29 is 4.79 Å². The van der Waals surface area contributed by atoms with Crippen molar-refractivity contribution in [1.82, 2.24) is 15.0 Å².